The molecular formula is C10H13N3O3S. The Balaban J connectivity index is 1.91. The third-order valence-electron chi connectivity index (χ3n) is 2.42. The van der Waals surface area contributed by atoms with Crippen molar-refractivity contribution in [3.63, 3.8) is 0 Å². The van der Waals surface area contributed by atoms with Crippen molar-refractivity contribution in [2.24, 2.45) is 0 Å². The predicted octanol–water partition coefficient (Wildman–Crippen LogP) is 0.802. The zero-order valence-corrected chi connectivity index (χ0v) is 9.94. The fourth-order valence-electron chi connectivity index (χ4n) is 1.66. The van der Waals surface area contributed by atoms with Crippen LogP contribution in [0.4, 0.5) is 5.69 Å². The zero-order valence-electron chi connectivity index (χ0n) is 9.13. The fraction of sp³-hybridized carbons (Fsp3) is 0.500. The van der Waals surface area contributed by atoms with Gasteiger partial charge in [0.05, 0.1) is 17.1 Å². The van der Waals surface area contributed by atoms with Crippen LogP contribution >= 0.6 is 11.8 Å². The van der Waals surface area contributed by atoms with Gasteiger partial charge in [-0.2, -0.15) is 5.10 Å². The molecule has 0 bridgehead atoms. The van der Waals surface area contributed by atoms with E-state index >= 15 is 0 Å². The van der Waals surface area contributed by atoms with Crippen molar-refractivity contribution < 1.29 is 14.7 Å². The number of amides is 1. The van der Waals surface area contributed by atoms with Crippen molar-refractivity contribution in [2.75, 3.05) is 11.1 Å². The van der Waals surface area contributed by atoms with Crippen molar-refractivity contribution in [2.45, 2.75) is 24.6 Å². The summed E-state index contributed by atoms with van der Waals surface area (Å²) in [5, 5.41) is 15.2. The summed E-state index contributed by atoms with van der Waals surface area (Å²) in [7, 11) is 0. The Hall–Kier alpha value is -1.50. The molecule has 1 amide bonds. The van der Waals surface area contributed by atoms with Crippen LogP contribution in [0.15, 0.2) is 12.4 Å². The molecule has 1 aliphatic rings. The minimum absolute atomic E-state index is 0.0119. The van der Waals surface area contributed by atoms with Gasteiger partial charge in [0.2, 0.25) is 5.91 Å². The molecule has 2 heterocycles. The van der Waals surface area contributed by atoms with Crippen LogP contribution in [0.2, 0.25) is 0 Å². The highest BCUT2D eigenvalue weighted by Crippen LogP contribution is 2.27. The molecule has 1 saturated heterocycles. The zero-order chi connectivity index (χ0) is 12.3. The molecule has 17 heavy (non-hydrogen) atoms. The maximum Gasteiger partial charge on any atom is 0.325 e. The van der Waals surface area contributed by atoms with Gasteiger partial charge in [0.25, 0.3) is 0 Å². The van der Waals surface area contributed by atoms with Gasteiger partial charge in [0, 0.05) is 6.20 Å². The van der Waals surface area contributed by atoms with E-state index in [-0.39, 0.29) is 17.7 Å². The predicted molar refractivity (Wildman–Crippen MR) is 64.0 cm³/mol. The fourth-order valence-corrected chi connectivity index (χ4v) is 2.82. The Bertz CT molecular complexity index is 426. The van der Waals surface area contributed by atoms with Crippen molar-refractivity contribution in [1.29, 1.82) is 0 Å². The Labute approximate surface area is 102 Å². The standard InChI is InChI=1S/C10H13N3O3S/c14-9(15)6-13-5-7(4-11-13)12-10(16)8-2-1-3-17-8/h4-5,8H,1-3,6H2,(H,12,16)(H,14,15). The number of carboxylic acid groups (broad SMARTS) is 1. The van der Waals surface area contributed by atoms with E-state index in [2.05, 4.69) is 10.4 Å². The number of rotatable bonds is 4. The van der Waals surface area contributed by atoms with Gasteiger partial charge in [0.1, 0.15) is 6.54 Å². The molecule has 1 unspecified atom stereocenters. The second-order valence-electron chi connectivity index (χ2n) is 3.81. The number of hydrogen-bond acceptors (Lipinski definition) is 4. The number of anilines is 1. The second-order valence-corrected chi connectivity index (χ2v) is 5.12. The molecule has 6 nitrogen and oxygen atoms in total. The van der Waals surface area contributed by atoms with Crippen molar-refractivity contribution >= 4 is 29.3 Å². The van der Waals surface area contributed by atoms with Gasteiger partial charge in [-0.05, 0) is 18.6 Å². The van der Waals surface area contributed by atoms with Crippen LogP contribution in [-0.4, -0.2) is 37.8 Å². The number of carbonyl (C=O) groups excluding carboxylic acids is 1. The molecule has 0 radical (unpaired) electrons. The van der Waals surface area contributed by atoms with Crippen LogP contribution in [0.1, 0.15) is 12.8 Å². The molecule has 1 aliphatic heterocycles. The monoisotopic (exact) mass is 255 g/mol. The number of carbonyl (C=O) groups is 2. The number of aliphatic carboxylic acids is 1. The molecule has 1 atom stereocenters. The number of carboxylic acids is 1. The quantitative estimate of drug-likeness (QED) is 0.831. The lowest BCUT2D eigenvalue weighted by molar-refractivity contribution is -0.137. The molecule has 1 aromatic rings. The molecule has 7 heteroatoms. The summed E-state index contributed by atoms with van der Waals surface area (Å²) in [6, 6.07) is 0. The first kappa shape index (κ1) is 12.0. The van der Waals surface area contributed by atoms with Gasteiger partial charge in [-0.25, -0.2) is 0 Å². The van der Waals surface area contributed by atoms with Crippen LogP contribution in [-0.2, 0) is 16.1 Å². The average molecular weight is 255 g/mol. The van der Waals surface area contributed by atoms with Crippen LogP contribution in [0, 0.1) is 0 Å². The molecule has 0 aliphatic carbocycles. The van der Waals surface area contributed by atoms with Crippen LogP contribution in [0.25, 0.3) is 0 Å². The lowest BCUT2D eigenvalue weighted by atomic mass is 10.2. The highest BCUT2D eigenvalue weighted by molar-refractivity contribution is 8.00. The average Bonchev–Trinajstić information content (AvgIpc) is 2.87. The van der Waals surface area contributed by atoms with Crippen LogP contribution in [0.3, 0.4) is 0 Å². The normalized spacial score (nSPS) is 19.2. The maximum atomic E-state index is 11.8. The maximum absolute atomic E-state index is 11.8. The molecule has 2 N–H and O–H groups in total. The molecule has 2 rings (SSSR count). The minimum Gasteiger partial charge on any atom is -0.480 e. The summed E-state index contributed by atoms with van der Waals surface area (Å²) in [6.07, 6.45) is 4.95. The van der Waals surface area contributed by atoms with E-state index in [9.17, 15) is 9.59 Å². The molecule has 1 fully saturated rings. The third-order valence-corrected chi connectivity index (χ3v) is 3.80. The van der Waals surface area contributed by atoms with Gasteiger partial charge in [-0.1, -0.05) is 0 Å². The van der Waals surface area contributed by atoms with E-state index in [0.717, 1.165) is 18.6 Å². The van der Waals surface area contributed by atoms with Crippen molar-refractivity contribution in [3.8, 4) is 0 Å². The van der Waals surface area contributed by atoms with E-state index in [1.807, 2.05) is 0 Å². The molecule has 0 aromatic carbocycles. The number of aromatic nitrogens is 2. The van der Waals surface area contributed by atoms with Gasteiger partial charge in [0.15, 0.2) is 0 Å². The van der Waals surface area contributed by atoms with E-state index < -0.39 is 5.97 Å². The lowest BCUT2D eigenvalue weighted by Crippen LogP contribution is -2.22. The molecule has 1 aromatic heterocycles. The van der Waals surface area contributed by atoms with E-state index in [1.54, 1.807) is 11.8 Å². The number of thioether (sulfide) groups is 1. The second kappa shape index (κ2) is 5.22. The Kier molecular flexibility index (Phi) is 3.68. The highest BCUT2D eigenvalue weighted by Gasteiger charge is 2.23. The smallest absolute Gasteiger partial charge is 0.325 e. The summed E-state index contributed by atoms with van der Waals surface area (Å²) in [5.74, 6) is 0.0378. The molecule has 0 saturated carbocycles. The number of nitrogens with zero attached hydrogens (tertiary/aromatic N) is 2. The summed E-state index contributed by atoms with van der Waals surface area (Å²) in [4.78, 5) is 22.2. The molecular weight excluding hydrogens is 242 g/mol. The summed E-state index contributed by atoms with van der Waals surface area (Å²) < 4.78 is 1.28. The topological polar surface area (TPSA) is 84.2 Å². The van der Waals surface area contributed by atoms with Gasteiger partial charge < -0.3 is 10.4 Å². The first-order valence-electron chi connectivity index (χ1n) is 5.32. The SMILES string of the molecule is O=C(O)Cn1cc(NC(=O)C2CCCS2)cn1. The first-order valence-corrected chi connectivity index (χ1v) is 6.37. The number of hydrogen-bond donors (Lipinski definition) is 2. The van der Waals surface area contributed by atoms with E-state index in [0.29, 0.717) is 5.69 Å². The third kappa shape index (κ3) is 3.23. The highest BCUT2D eigenvalue weighted by atomic mass is 32.2. The summed E-state index contributed by atoms with van der Waals surface area (Å²) >= 11 is 1.65. The largest absolute Gasteiger partial charge is 0.480 e. The van der Waals surface area contributed by atoms with Crippen molar-refractivity contribution in [3.05, 3.63) is 12.4 Å². The van der Waals surface area contributed by atoms with Gasteiger partial charge >= 0.3 is 5.97 Å². The Morgan fingerprint density at radius 2 is 2.47 bits per heavy atom. The van der Waals surface area contributed by atoms with Crippen LogP contribution < -0.4 is 5.32 Å². The molecule has 0 spiro atoms. The van der Waals surface area contributed by atoms with Gasteiger partial charge in [-0.3, -0.25) is 14.3 Å². The number of nitrogens with one attached hydrogen (secondary N) is 1. The first-order chi connectivity index (χ1) is 8.15. The Morgan fingerprint density at radius 1 is 1.65 bits per heavy atom. The Morgan fingerprint density at radius 3 is 3.12 bits per heavy atom. The minimum atomic E-state index is -0.961. The van der Waals surface area contributed by atoms with E-state index in [1.165, 1.54) is 17.1 Å². The lowest BCUT2D eigenvalue weighted by Gasteiger charge is -2.07. The summed E-state index contributed by atoms with van der Waals surface area (Å²) in [6.45, 7) is -0.200. The van der Waals surface area contributed by atoms with E-state index in [4.69, 9.17) is 5.11 Å². The van der Waals surface area contributed by atoms with Gasteiger partial charge in [-0.15, -0.1) is 11.8 Å². The molecule has 92 valence electrons. The van der Waals surface area contributed by atoms with Crippen LogP contribution in [0.5, 0.6) is 0 Å². The summed E-state index contributed by atoms with van der Waals surface area (Å²) in [5.41, 5.74) is 0.545. The van der Waals surface area contributed by atoms with Crippen molar-refractivity contribution in [1.82, 2.24) is 9.78 Å².